The number of hydrogen-bond acceptors (Lipinski definition) is 14. The fourth-order valence-corrected chi connectivity index (χ4v) is 13.2. The first-order valence-electron chi connectivity index (χ1n) is 28.9. The largest absolute Gasteiger partial charge is 0.490 e. The van der Waals surface area contributed by atoms with Crippen molar-refractivity contribution in [3.8, 4) is 27.3 Å². The Kier molecular flexibility index (Phi) is 19.4. The number of H-pyrrole nitrogens is 1. The molecule has 450 valence electrons. The highest BCUT2D eigenvalue weighted by Crippen LogP contribution is 2.45. The molecule has 19 nitrogen and oxygen atoms in total. The summed E-state index contributed by atoms with van der Waals surface area (Å²) in [5.41, 5.74) is 6.00. The van der Waals surface area contributed by atoms with E-state index < -0.39 is 68.5 Å². The van der Waals surface area contributed by atoms with E-state index in [0.717, 1.165) is 98.6 Å². The number of rotatable bonds is 23. The number of likely N-dealkylation sites (tertiary alicyclic amines) is 1. The second-order valence-electron chi connectivity index (χ2n) is 23.6. The highest BCUT2D eigenvalue weighted by molar-refractivity contribution is 7.89. The Morgan fingerprint density at radius 3 is 2.36 bits per heavy atom. The van der Waals surface area contributed by atoms with E-state index in [1.165, 1.54) is 20.4 Å². The lowest BCUT2D eigenvalue weighted by atomic mass is 9.85. The van der Waals surface area contributed by atoms with Crippen LogP contribution in [0, 0.1) is 24.0 Å². The van der Waals surface area contributed by atoms with Crippen LogP contribution in [0.1, 0.15) is 131 Å². The number of amides is 4. The summed E-state index contributed by atoms with van der Waals surface area (Å²) in [6.07, 6.45) is 12.8. The summed E-state index contributed by atoms with van der Waals surface area (Å²) in [5, 5.41) is 23.7. The van der Waals surface area contributed by atoms with Crippen LogP contribution in [0.25, 0.3) is 32.5 Å². The smallest absolute Gasteiger partial charge is 0.274 e. The number of aromatic nitrogens is 4. The first kappa shape index (κ1) is 61.5. The van der Waals surface area contributed by atoms with Crippen LogP contribution in [-0.2, 0) is 50.1 Å². The minimum Gasteiger partial charge on any atom is -0.490 e. The molecule has 4 amide bonds. The van der Waals surface area contributed by atoms with E-state index in [0.29, 0.717) is 64.5 Å². The number of benzene rings is 2. The van der Waals surface area contributed by atoms with Crippen molar-refractivity contribution in [3.05, 3.63) is 110 Å². The zero-order chi connectivity index (χ0) is 60.0. The van der Waals surface area contributed by atoms with Crippen LogP contribution in [0.5, 0.6) is 5.75 Å². The summed E-state index contributed by atoms with van der Waals surface area (Å²) in [4.78, 5) is 84.4. The fraction of sp³-hybridized carbons (Fsp3) is 0.492. The normalized spacial score (nSPS) is 16.8. The van der Waals surface area contributed by atoms with E-state index in [9.17, 15) is 41.9 Å². The maximum atomic E-state index is 15.6. The van der Waals surface area contributed by atoms with E-state index in [-0.39, 0.29) is 67.0 Å². The molecule has 23 heteroatoms. The third kappa shape index (κ3) is 14.5. The molecule has 9 rings (SSSR count). The van der Waals surface area contributed by atoms with E-state index in [1.807, 2.05) is 51.4 Å². The number of β-amino-alcohol motifs (C(OH)–C–C–N with tert-alkyl or cyclic N) is 1. The summed E-state index contributed by atoms with van der Waals surface area (Å²) >= 11 is 1.55. The molecular weight excluding hydrogens is 1120 g/mol. The molecule has 3 unspecified atom stereocenters. The summed E-state index contributed by atoms with van der Waals surface area (Å²) in [6.45, 7) is 9.67. The van der Waals surface area contributed by atoms with Gasteiger partial charge >= 0.3 is 0 Å². The minimum absolute atomic E-state index is 0.00842. The van der Waals surface area contributed by atoms with E-state index in [1.54, 1.807) is 36.8 Å². The van der Waals surface area contributed by atoms with Gasteiger partial charge in [0, 0.05) is 91.9 Å². The van der Waals surface area contributed by atoms with Gasteiger partial charge < -0.3 is 50.5 Å². The molecule has 6 N–H and O–H groups in total. The number of fused-ring (bicyclic) bond motifs is 2. The van der Waals surface area contributed by atoms with Crippen LogP contribution in [-0.4, -0.2) is 118 Å². The first-order valence-corrected chi connectivity index (χ1v) is 31.9. The third-order valence-electron chi connectivity index (χ3n) is 15.9. The van der Waals surface area contributed by atoms with Crippen LogP contribution in [0.4, 0.5) is 20.3 Å². The van der Waals surface area contributed by atoms with Gasteiger partial charge in [-0.15, -0.1) is 11.3 Å². The van der Waals surface area contributed by atoms with Crippen molar-refractivity contribution >= 4 is 67.2 Å². The number of carbonyl (C=O) groups is 4. The molecule has 84 heavy (non-hydrogen) atoms. The van der Waals surface area contributed by atoms with Gasteiger partial charge in [0.2, 0.25) is 17.7 Å². The number of anilines is 2. The monoisotopic (exact) mass is 1190 g/mol. The quantitative estimate of drug-likeness (QED) is 0.0333. The van der Waals surface area contributed by atoms with Gasteiger partial charge in [-0.3, -0.25) is 24.0 Å². The van der Waals surface area contributed by atoms with Gasteiger partial charge in [-0.25, -0.2) is 27.2 Å². The average Bonchev–Trinajstić information content (AvgIpc) is 4.33. The molecule has 0 saturated carbocycles. The predicted molar refractivity (Wildman–Crippen MR) is 320 cm³/mol. The van der Waals surface area contributed by atoms with Crippen molar-refractivity contribution < 1.29 is 46.2 Å². The highest BCUT2D eigenvalue weighted by Gasteiger charge is 2.44. The zero-order valence-electron chi connectivity index (χ0n) is 48.5. The number of nitrogens with zero attached hydrogens (tertiary/aromatic N) is 5. The number of hydrogen-bond donors (Lipinski definition) is 6. The number of pyridine rings is 2. The van der Waals surface area contributed by atoms with Gasteiger partial charge in [0.15, 0.2) is 21.5 Å². The Balaban J connectivity index is 0.739. The van der Waals surface area contributed by atoms with Crippen molar-refractivity contribution in [1.29, 1.82) is 0 Å². The van der Waals surface area contributed by atoms with Gasteiger partial charge in [0.05, 0.1) is 46.4 Å². The standard InChI is InChI=1S/C61H76F2N10O9S2/c1-36-54(83-35-69-36)37-16-17-38(50(24-37)82-43-18-21-64-22-19-43)28-68-58(77)49-26-42(74)32-73(49)60(79)55(61(2,3)4)70-51(75)15-13-11-9-7-8-10-12-14-20-65-57(76)44-27-48-45(23-39(44)34-84(6,80)81)46-33-71(5)59(78)53-52(46)40(29-66-53)31-72(48)56-47(63)25-41(62)30-67-56/h16-17,23-25,27,29-30,33,35,42-43,49,55,64,66,74H,7-15,18-22,26,28,31-32,34H2,1-6H3,(H,65,76)(H,68,77)(H,70,75). The average molecular weight is 1200 g/mol. The molecular formula is C61H76F2N10O9S2. The van der Waals surface area contributed by atoms with Crippen molar-refractivity contribution in [2.75, 3.05) is 37.3 Å². The van der Waals surface area contributed by atoms with Crippen molar-refractivity contribution in [2.24, 2.45) is 12.5 Å². The Bertz CT molecular complexity index is 3590. The molecule has 0 bridgehead atoms. The summed E-state index contributed by atoms with van der Waals surface area (Å²) in [7, 11) is -2.09. The van der Waals surface area contributed by atoms with Crippen LogP contribution in [0.3, 0.4) is 0 Å². The van der Waals surface area contributed by atoms with Crippen molar-refractivity contribution in [2.45, 2.75) is 148 Å². The van der Waals surface area contributed by atoms with Gasteiger partial charge in [-0.2, -0.15) is 0 Å². The van der Waals surface area contributed by atoms with Gasteiger partial charge in [-0.1, -0.05) is 71.4 Å². The number of sulfone groups is 1. The molecule has 6 aromatic rings. The molecule has 7 heterocycles. The number of carbonyl (C=O) groups excluding carboxylic acids is 4. The predicted octanol–water partition coefficient (Wildman–Crippen LogP) is 8.02. The lowest BCUT2D eigenvalue weighted by Crippen LogP contribution is -2.57. The molecule has 2 saturated heterocycles. The lowest BCUT2D eigenvalue weighted by molar-refractivity contribution is -0.144. The maximum Gasteiger partial charge on any atom is 0.274 e. The molecule has 4 aromatic heterocycles. The number of piperidine rings is 1. The molecule has 3 aliphatic heterocycles. The topological polar surface area (TPSA) is 250 Å². The molecule has 2 aromatic carbocycles. The number of halogens is 2. The number of aromatic amines is 1. The molecule has 2 fully saturated rings. The first-order chi connectivity index (χ1) is 40.0. The van der Waals surface area contributed by atoms with Gasteiger partial charge in [0.1, 0.15) is 35.3 Å². The number of thiazole rings is 1. The van der Waals surface area contributed by atoms with Crippen LogP contribution < -0.4 is 36.5 Å². The second-order valence-corrected chi connectivity index (χ2v) is 26.6. The van der Waals surface area contributed by atoms with E-state index >= 15 is 4.39 Å². The fourth-order valence-electron chi connectivity index (χ4n) is 11.5. The van der Waals surface area contributed by atoms with E-state index in [2.05, 4.69) is 36.2 Å². The van der Waals surface area contributed by atoms with Crippen molar-refractivity contribution in [3.63, 3.8) is 0 Å². The Morgan fingerprint density at radius 1 is 0.940 bits per heavy atom. The molecule has 0 spiro atoms. The molecule has 3 aliphatic rings. The Hall–Kier alpha value is -7.08. The van der Waals surface area contributed by atoms with Crippen LogP contribution in [0.2, 0.25) is 0 Å². The minimum atomic E-state index is -3.68. The Labute approximate surface area is 492 Å². The molecule has 0 aliphatic carbocycles. The summed E-state index contributed by atoms with van der Waals surface area (Å²) in [6, 6.07) is 7.89. The van der Waals surface area contributed by atoms with E-state index in [4.69, 9.17) is 4.74 Å². The molecule has 0 radical (unpaired) electrons. The number of nitrogens with one attached hydrogen (secondary N) is 5. The number of unbranched alkanes of at least 4 members (excludes halogenated alkanes) is 7. The second kappa shape index (κ2) is 26.5. The SMILES string of the molecule is Cc1ncsc1-c1ccc(CNC(=O)C2CC(O)CN2C(=O)C(NC(=O)CCCCCCCCCCNC(=O)c2cc3c(cc2CS(C)(=O)=O)-c2cn(C)c(=O)c4[nH]cc(c24)CN3c2ncc(F)cc2F)C(C)(C)C)c(OC2CCNCC2)c1. The van der Waals surface area contributed by atoms with Crippen molar-refractivity contribution in [1.82, 2.24) is 45.7 Å². The van der Waals surface area contributed by atoms with Crippen LogP contribution in [0.15, 0.2) is 65.3 Å². The number of ether oxygens (including phenoxy) is 1. The molecule has 3 atom stereocenters. The van der Waals surface area contributed by atoms with Crippen LogP contribution >= 0.6 is 11.3 Å². The van der Waals surface area contributed by atoms with Gasteiger partial charge in [-0.05, 0) is 86.0 Å². The number of aliphatic hydroxyl groups is 1. The summed E-state index contributed by atoms with van der Waals surface area (Å²) < 4.78 is 63.4. The Morgan fingerprint density at radius 2 is 1.67 bits per heavy atom. The third-order valence-corrected chi connectivity index (χ3v) is 17.7. The number of aryl methyl sites for hydroxylation is 2. The highest BCUT2D eigenvalue weighted by atomic mass is 32.2. The van der Waals surface area contributed by atoms with Gasteiger partial charge in [0.25, 0.3) is 11.5 Å². The zero-order valence-corrected chi connectivity index (χ0v) is 50.2. The maximum absolute atomic E-state index is 15.6. The number of aliphatic hydroxyl groups excluding tert-OH is 1. The lowest BCUT2D eigenvalue weighted by Gasteiger charge is -2.35. The summed E-state index contributed by atoms with van der Waals surface area (Å²) in [5.74, 6) is -3.46.